The van der Waals surface area contributed by atoms with E-state index < -0.39 is 11.6 Å². The van der Waals surface area contributed by atoms with Crippen LogP contribution in [0.3, 0.4) is 0 Å². The number of unbranched alkanes of at least 4 members (excludes halogenated alkanes) is 1. The molecule has 2 nitrogen and oxygen atoms in total. The Morgan fingerprint density at radius 3 is 2.24 bits per heavy atom. The molecular weight excluding hydrogens is 485 g/mol. The molecule has 0 saturated heterocycles. The van der Waals surface area contributed by atoms with E-state index >= 15 is 0 Å². The molecule has 0 spiro atoms. The molecule has 5 heteroatoms. The van der Waals surface area contributed by atoms with Crippen molar-refractivity contribution >= 4 is 6.08 Å². The molecule has 1 aliphatic rings. The maximum atomic E-state index is 14.9. The Morgan fingerprint density at radius 1 is 0.789 bits per heavy atom. The molecule has 0 heterocycles. The summed E-state index contributed by atoms with van der Waals surface area (Å²) in [5, 5.41) is 0. The lowest BCUT2D eigenvalue weighted by Crippen LogP contribution is -2.12. The number of benzene rings is 3. The van der Waals surface area contributed by atoms with Crippen LogP contribution in [0, 0.1) is 23.4 Å². The van der Waals surface area contributed by atoms with Crippen molar-refractivity contribution in [3.63, 3.8) is 0 Å². The van der Waals surface area contributed by atoms with E-state index in [1.54, 1.807) is 54.6 Å². The molecule has 0 aliphatic heterocycles. The van der Waals surface area contributed by atoms with E-state index in [1.807, 2.05) is 19.1 Å². The molecule has 0 aromatic heterocycles. The van der Waals surface area contributed by atoms with Gasteiger partial charge >= 0.3 is 0 Å². The highest BCUT2D eigenvalue weighted by Gasteiger charge is 2.22. The molecule has 0 radical (unpaired) electrons. The summed E-state index contributed by atoms with van der Waals surface area (Å²) < 4.78 is 55.4. The summed E-state index contributed by atoms with van der Waals surface area (Å²) in [5.74, 6) is -0.377. The van der Waals surface area contributed by atoms with Gasteiger partial charge in [-0.1, -0.05) is 62.8 Å². The van der Waals surface area contributed by atoms with Gasteiger partial charge in [-0.25, -0.2) is 13.2 Å². The van der Waals surface area contributed by atoms with Crippen molar-refractivity contribution in [3.8, 4) is 22.6 Å². The third-order valence-corrected chi connectivity index (χ3v) is 7.25. The van der Waals surface area contributed by atoms with Crippen molar-refractivity contribution < 1.29 is 22.6 Å². The molecular formula is C33H37F3O2. The largest absolute Gasteiger partial charge is 0.494 e. The van der Waals surface area contributed by atoms with Crippen LogP contribution in [0.1, 0.15) is 75.8 Å². The Balaban J connectivity index is 1.34. The van der Waals surface area contributed by atoms with Crippen molar-refractivity contribution in [1.29, 1.82) is 0 Å². The van der Waals surface area contributed by atoms with Crippen LogP contribution >= 0.6 is 0 Å². The highest BCUT2D eigenvalue weighted by Crippen LogP contribution is 2.38. The molecule has 1 fully saturated rings. The Bertz CT molecular complexity index is 1210. The van der Waals surface area contributed by atoms with Gasteiger partial charge in [-0.2, -0.15) is 0 Å². The fraction of sp³-hybridized carbons (Fsp3) is 0.394. The van der Waals surface area contributed by atoms with E-state index in [4.69, 9.17) is 9.47 Å². The zero-order valence-electron chi connectivity index (χ0n) is 22.3. The quantitative estimate of drug-likeness (QED) is 0.233. The lowest BCUT2D eigenvalue weighted by molar-refractivity contribution is 0.293. The predicted molar refractivity (Wildman–Crippen MR) is 148 cm³/mol. The van der Waals surface area contributed by atoms with E-state index in [2.05, 4.69) is 6.92 Å². The van der Waals surface area contributed by atoms with Crippen LogP contribution in [0.25, 0.3) is 17.2 Å². The zero-order chi connectivity index (χ0) is 26.9. The number of rotatable bonds is 11. The van der Waals surface area contributed by atoms with Gasteiger partial charge in [0.1, 0.15) is 5.75 Å². The lowest BCUT2D eigenvalue weighted by Gasteiger charge is -2.27. The summed E-state index contributed by atoms with van der Waals surface area (Å²) in [6, 6.07) is 15.6. The maximum absolute atomic E-state index is 14.9. The number of hydrogen-bond acceptors (Lipinski definition) is 2. The van der Waals surface area contributed by atoms with Crippen LogP contribution in [0.4, 0.5) is 13.2 Å². The summed E-state index contributed by atoms with van der Waals surface area (Å²) in [4.78, 5) is 0. The molecule has 0 unspecified atom stereocenters. The maximum Gasteiger partial charge on any atom is 0.167 e. The van der Waals surface area contributed by atoms with E-state index in [0.717, 1.165) is 50.5 Å². The van der Waals surface area contributed by atoms with Gasteiger partial charge in [0.25, 0.3) is 0 Å². The molecule has 202 valence electrons. The van der Waals surface area contributed by atoms with E-state index in [0.29, 0.717) is 36.2 Å². The van der Waals surface area contributed by atoms with Crippen LogP contribution in [0.5, 0.6) is 11.5 Å². The van der Waals surface area contributed by atoms with E-state index in [-0.39, 0.29) is 22.9 Å². The average Bonchev–Trinajstić information content (AvgIpc) is 2.94. The van der Waals surface area contributed by atoms with Crippen LogP contribution < -0.4 is 9.47 Å². The average molecular weight is 523 g/mol. The third kappa shape index (κ3) is 7.00. The Kier molecular flexibility index (Phi) is 9.91. The fourth-order valence-corrected chi connectivity index (χ4v) is 4.97. The van der Waals surface area contributed by atoms with Crippen molar-refractivity contribution in [2.24, 2.45) is 5.92 Å². The highest BCUT2D eigenvalue weighted by atomic mass is 19.2. The number of hydrogen-bond donors (Lipinski definition) is 0. The van der Waals surface area contributed by atoms with Crippen molar-refractivity contribution in [2.75, 3.05) is 13.2 Å². The predicted octanol–water partition coefficient (Wildman–Crippen LogP) is 9.73. The minimum Gasteiger partial charge on any atom is -0.494 e. The number of halogens is 3. The standard InChI is InChI=1S/C33H37F3O2/c1-3-5-21-38-31-19-15-27(22-30(31)34)24-9-6-23(7-10-24)8-11-26-14-18-29(33(36)32(26)35)25-12-16-28(17-13-25)37-20-4-2/h8,11-19,22-24H,3-7,9-10,20-21H2,1-2H3/b11-8+. The lowest BCUT2D eigenvalue weighted by atomic mass is 9.78. The Hall–Kier alpha value is -3.21. The minimum absolute atomic E-state index is 0.233. The van der Waals surface area contributed by atoms with E-state index in [1.165, 1.54) is 0 Å². The molecule has 0 atom stereocenters. The number of ether oxygens (including phenoxy) is 2. The van der Waals surface area contributed by atoms with Gasteiger partial charge in [-0.05, 0) is 85.8 Å². The second-order valence-corrected chi connectivity index (χ2v) is 10.1. The van der Waals surface area contributed by atoms with Crippen LogP contribution in [-0.4, -0.2) is 13.2 Å². The fourth-order valence-electron chi connectivity index (χ4n) is 4.97. The van der Waals surface area contributed by atoms with Crippen LogP contribution in [0.15, 0.2) is 60.7 Å². The second kappa shape index (κ2) is 13.5. The summed E-state index contributed by atoms with van der Waals surface area (Å²) in [5.41, 5.74) is 2.09. The minimum atomic E-state index is -0.845. The highest BCUT2D eigenvalue weighted by molar-refractivity contribution is 5.67. The molecule has 3 aromatic rings. The Labute approximate surface area is 224 Å². The molecule has 1 aliphatic carbocycles. The smallest absolute Gasteiger partial charge is 0.167 e. The van der Waals surface area contributed by atoms with Gasteiger partial charge in [-0.15, -0.1) is 0 Å². The summed E-state index contributed by atoms with van der Waals surface area (Å²) >= 11 is 0. The first-order valence-electron chi connectivity index (χ1n) is 13.8. The molecule has 38 heavy (non-hydrogen) atoms. The van der Waals surface area contributed by atoms with E-state index in [9.17, 15) is 13.2 Å². The molecule has 0 amide bonds. The molecule has 0 N–H and O–H groups in total. The van der Waals surface area contributed by atoms with Crippen molar-refractivity contribution in [2.45, 2.75) is 64.7 Å². The van der Waals surface area contributed by atoms with Crippen LogP contribution in [-0.2, 0) is 0 Å². The molecule has 3 aromatic carbocycles. The van der Waals surface area contributed by atoms with Gasteiger partial charge in [0.15, 0.2) is 23.2 Å². The summed E-state index contributed by atoms with van der Waals surface area (Å²) in [6.07, 6.45) is 10.2. The number of allylic oxidation sites excluding steroid dienone is 1. The monoisotopic (exact) mass is 522 g/mol. The second-order valence-electron chi connectivity index (χ2n) is 10.1. The first-order chi connectivity index (χ1) is 18.5. The third-order valence-electron chi connectivity index (χ3n) is 7.25. The van der Waals surface area contributed by atoms with Crippen molar-refractivity contribution in [3.05, 3.63) is 89.3 Å². The van der Waals surface area contributed by atoms with Crippen LogP contribution in [0.2, 0.25) is 0 Å². The van der Waals surface area contributed by atoms with Gasteiger partial charge in [0.05, 0.1) is 13.2 Å². The van der Waals surface area contributed by atoms with Gasteiger partial charge < -0.3 is 9.47 Å². The van der Waals surface area contributed by atoms with Gasteiger partial charge in [0, 0.05) is 11.1 Å². The first-order valence-corrected chi connectivity index (χ1v) is 13.8. The topological polar surface area (TPSA) is 18.5 Å². The summed E-state index contributed by atoms with van der Waals surface area (Å²) in [6.45, 7) is 5.25. The molecule has 0 bridgehead atoms. The summed E-state index contributed by atoms with van der Waals surface area (Å²) in [7, 11) is 0. The van der Waals surface area contributed by atoms with Gasteiger partial charge in [0.2, 0.25) is 0 Å². The Morgan fingerprint density at radius 2 is 1.55 bits per heavy atom. The normalized spacial score (nSPS) is 17.6. The zero-order valence-corrected chi connectivity index (χ0v) is 22.3. The molecule has 4 rings (SSSR count). The molecule has 1 saturated carbocycles. The SMILES string of the molecule is CCCCOc1ccc(C2CCC(/C=C/c3ccc(-c4ccc(OCCC)cc4)c(F)c3F)CC2)cc1F. The first kappa shape index (κ1) is 27.8. The van der Waals surface area contributed by atoms with Gasteiger partial charge in [-0.3, -0.25) is 0 Å². The van der Waals surface area contributed by atoms with Crippen molar-refractivity contribution in [1.82, 2.24) is 0 Å².